The topological polar surface area (TPSA) is 54.0 Å². The monoisotopic (exact) mass is 398 g/mol. The Labute approximate surface area is 161 Å². The Morgan fingerprint density at radius 1 is 1.07 bits per heavy atom. The van der Waals surface area contributed by atoms with Gasteiger partial charge in [0.05, 0.1) is 25.3 Å². The molecule has 152 valence electrons. The van der Waals surface area contributed by atoms with Crippen molar-refractivity contribution in [2.75, 3.05) is 14.2 Å². The second kappa shape index (κ2) is 8.86. The number of ether oxygens (including phenoxy) is 4. The third-order valence-corrected chi connectivity index (χ3v) is 4.17. The second-order valence-electron chi connectivity index (χ2n) is 5.91. The highest BCUT2D eigenvalue weighted by molar-refractivity contribution is 5.65. The number of carbonyl (C=O) groups excluding carboxylic acids is 1. The number of hydrogen-bond donors (Lipinski definition) is 0. The van der Waals surface area contributed by atoms with Crippen molar-refractivity contribution in [1.29, 1.82) is 0 Å². The van der Waals surface area contributed by atoms with E-state index in [1.54, 1.807) is 26.0 Å². The molecule has 0 heterocycles. The third-order valence-electron chi connectivity index (χ3n) is 4.17. The molecule has 8 heteroatoms. The van der Waals surface area contributed by atoms with Crippen molar-refractivity contribution in [3.8, 4) is 17.2 Å². The normalized spacial score (nSPS) is 11.1. The van der Waals surface area contributed by atoms with Gasteiger partial charge in [-0.15, -0.1) is 0 Å². The summed E-state index contributed by atoms with van der Waals surface area (Å²) in [5.41, 5.74) is 0.698. The molecule has 5 nitrogen and oxygen atoms in total. The fourth-order valence-corrected chi connectivity index (χ4v) is 2.70. The van der Waals surface area contributed by atoms with Crippen LogP contribution in [0.1, 0.15) is 29.2 Å². The van der Waals surface area contributed by atoms with Gasteiger partial charge in [-0.2, -0.15) is 13.2 Å². The Bertz CT molecular complexity index is 846. The minimum absolute atomic E-state index is 0.0710. The SMILES string of the molecule is CCc1cc(C(F)(F)F)c(OCc2c(OC)cccc2OC(=O)OC)cc1C. The smallest absolute Gasteiger partial charge is 0.496 e. The number of hydrogen-bond acceptors (Lipinski definition) is 5. The standard InChI is InChI=1S/C20H21F3O5/c1-5-13-10-15(20(21,22)23)18(9-12(13)2)27-11-14-16(25-3)7-6-8-17(14)28-19(24)26-4/h6-10H,5,11H2,1-4H3. The predicted octanol–water partition coefficient (Wildman–Crippen LogP) is 5.31. The zero-order chi connectivity index (χ0) is 20.9. The molecule has 2 aromatic rings. The molecule has 2 aromatic carbocycles. The largest absolute Gasteiger partial charge is 0.513 e. The maximum atomic E-state index is 13.5. The molecule has 0 saturated carbocycles. The van der Waals surface area contributed by atoms with Crippen LogP contribution in [-0.2, 0) is 23.9 Å². The minimum Gasteiger partial charge on any atom is -0.496 e. The maximum absolute atomic E-state index is 13.5. The fourth-order valence-electron chi connectivity index (χ4n) is 2.70. The third kappa shape index (κ3) is 4.88. The number of benzene rings is 2. The molecule has 0 spiro atoms. The molecule has 0 atom stereocenters. The second-order valence-corrected chi connectivity index (χ2v) is 5.91. The fraction of sp³-hybridized carbons (Fsp3) is 0.350. The Kier molecular flexibility index (Phi) is 6.77. The van der Waals surface area contributed by atoms with E-state index in [4.69, 9.17) is 14.2 Å². The van der Waals surface area contributed by atoms with Gasteiger partial charge in [0.25, 0.3) is 0 Å². The van der Waals surface area contributed by atoms with E-state index in [0.717, 1.165) is 13.2 Å². The molecule has 0 N–H and O–H groups in total. The van der Waals surface area contributed by atoms with Crippen LogP contribution in [-0.4, -0.2) is 20.4 Å². The van der Waals surface area contributed by atoms with Gasteiger partial charge in [0.2, 0.25) is 0 Å². The van der Waals surface area contributed by atoms with E-state index in [2.05, 4.69) is 4.74 Å². The van der Waals surface area contributed by atoms with Crippen molar-refractivity contribution >= 4 is 6.16 Å². The highest BCUT2D eigenvalue weighted by Crippen LogP contribution is 2.39. The molecule has 0 fully saturated rings. The molecule has 0 radical (unpaired) electrons. The highest BCUT2D eigenvalue weighted by atomic mass is 19.4. The summed E-state index contributed by atoms with van der Waals surface area (Å²) >= 11 is 0. The van der Waals surface area contributed by atoms with Crippen molar-refractivity contribution in [2.45, 2.75) is 33.1 Å². The highest BCUT2D eigenvalue weighted by Gasteiger charge is 2.35. The Morgan fingerprint density at radius 3 is 2.32 bits per heavy atom. The van der Waals surface area contributed by atoms with Crippen molar-refractivity contribution < 1.29 is 36.9 Å². The van der Waals surface area contributed by atoms with Gasteiger partial charge in [0, 0.05) is 0 Å². The summed E-state index contributed by atoms with van der Waals surface area (Å²) in [7, 11) is 2.54. The first-order valence-corrected chi connectivity index (χ1v) is 8.46. The van der Waals surface area contributed by atoms with Crippen LogP contribution in [0.25, 0.3) is 0 Å². The summed E-state index contributed by atoms with van der Waals surface area (Å²) in [5.74, 6) is 0.0654. The zero-order valence-corrected chi connectivity index (χ0v) is 16.0. The Hall–Kier alpha value is -2.90. The van der Waals surface area contributed by atoms with Gasteiger partial charge in [0.15, 0.2) is 0 Å². The van der Waals surface area contributed by atoms with Crippen LogP contribution in [0.5, 0.6) is 17.2 Å². The van der Waals surface area contributed by atoms with E-state index in [-0.39, 0.29) is 23.7 Å². The van der Waals surface area contributed by atoms with Crippen LogP contribution in [0, 0.1) is 6.92 Å². The number of carbonyl (C=O) groups is 1. The van der Waals surface area contributed by atoms with Crippen LogP contribution in [0.2, 0.25) is 0 Å². The molecular formula is C20H21F3O5. The predicted molar refractivity (Wildman–Crippen MR) is 95.9 cm³/mol. The molecule has 0 aromatic heterocycles. The quantitative estimate of drug-likeness (QED) is 0.488. The molecule has 0 unspecified atom stereocenters. The Morgan fingerprint density at radius 2 is 1.75 bits per heavy atom. The van der Waals surface area contributed by atoms with Crippen molar-refractivity contribution in [1.82, 2.24) is 0 Å². The van der Waals surface area contributed by atoms with E-state index in [0.29, 0.717) is 23.3 Å². The first kappa shape index (κ1) is 21.4. The van der Waals surface area contributed by atoms with Gasteiger partial charge >= 0.3 is 12.3 Å². The molecule has 0 aliphatic carbocycles. The van der Waals surface area contributed by atoms with Crippen LogP contribution in [0.15, 0.2) is 30.3 Å². The zero-order valence-electron chi connectivity index (χ0n) is 16.0. The van der Waals surface area contributed by atoms with E-state index in [1.807, 2.05) is 0 Å². The number of methoxy groups -OCH3 is 2. The lowest BCUT2D eigenvalue weighted by Crippen LogP contribution is -2.13. The minimum atomic E-state index is -4.57. The lowest BCUT2D eigenvalue weighted by molar-refractivity contribution is -0.139. The van der Waals surface area contributed by atoms with Crippen LogP contribution in [0.4, 0.5) is 18.0 Å². The summed E-state index contributed by atoms with van der Waals surface area (Å²) in [5, 5.41) is 0. The first-order chi connectivity index (χ1) is 13.2. The molecule has 0 amide bonds. The summed E-state index contributed by atoms with van der Waals surface area (Å²) in [4.78, 5) is 11.4. The first-order valence-electron chi connectivity index (χ1n) is 8.46. The van der Waals surface area contributed by atoms with E-state index in [1.165, 1.54) is 19.2 Å². The molecule has 0 saturated heterocycles. The van der Waals surface area contributed by atoms with E-state index >= 15 is 0 Å². The summed E-state index contributed by atoms with van der Waals surface area (Å²) in [6.45, 7) is 3.21. The maximum Gasteiger partial charge on any atom is 0.513 e. The summed E-state index contributed by atoms with van der Waals surface area (Å²) < 4.78 is 60.6. The van der Waals surface area contributed by atoms with Crippen molar-refractivity contribution in [3.63, 3.8) is 0 Å². The van der Waals surface area contributed by atoms with E-state index in [9.17, 15) is 18.0 Å². The van der Waals surface area contributed by atoms with Gasteiger partial charge in [-0.05, 0) is 48.7 Å². The number of alkyl halides is 3. The van der Waals surface area contributed by atoms with Gasteiger partial charge < -0.3 is 18.9 Å². The average Bonchev–Trinajstić information content (AvgIpc) is 2.65. The molecular weight excluding hydrogens is 377 g/mol. The Balaban J connectivity index is 2.41. The number of aryl methyl sites for hydroxylation is 2. The van der Waals surface area contributed by atoms with E-state index < -0.39 is 17.9 Å². The van der Waals surface area contributed by atoms with Crippen molar-refractivity contribution in [2.24, 2.45) is 0 Å². The summed E-state index contributed by atoms with van der Waals surface area (Å²) in [6, 6.07) is 7.08. The molecule has 2 rings (SSSR count). The lowest BCUT2D eigenvalue weighted by atomic mass is 10.0. The van der Waals surface area contributed by atoms with Gasteiger partial charge in [-0.1, -0.05) is 13.0 Å². The molecule has 0 bridgehead atoms. The van der Waals surface area contributed by atoms with Crippen molar-refractivity contribution in [3.05, 3.63) is 52.6 Å². The van der Waals surface area contributed by atoms with Crippen LogP contribution < -0.4 is 14.2 Å². The molecule has 28 heavy (non-hydrogen) atoms. The number of halogens is 3. The molecule has 0 aliphatic heterocycles. The lowest BCUT2D eigenvalue weighted by Gasteiger charge is -2.18. The van der Waals surface area contributed by atoms with Crippen LogP contribution in [0.3, 0.4) is 0 Å². The average molecular weight is 398 g/mol. The van der Waals surface area contributed by atoms with Gasteiger partial charge in [0.1, 0.15) is 23.9 Å². The van der Waals surface area contributed by atoms with Gasteiger partial charge in [-0.25, -0.2) is 4.79 Å². The summed E-state index contributed by atoms with van der Waals surface area (Å²) in [6.07, 6.45) is -5.06. The van der Waals surface area contributed by atoms with Crippen LogP contribution >= 0.6 is 0 Å². The molecule has 0 aliphatic rings. The van der Waals surface area contributed by atoms with Gasteiger partial charge in [-0.3, -0.25) is 0 Å². The number of rotatable bonds is 6.